The summed E-state index contributed by atoms with van der Waals surface area (Å²) in [6.45, 7) is 0. The van der Waals surface area contributed by atoms with Gasteiger partial charge in [-0.2, -0.15) is 5.10 Å². The first-order valence-electron chi connectivity index (χ1n) is 7.24. The van der Waals surface area contributed by atoms with Crippen molar-refractivity contribution in [2.75, 3.05) is 0 Å². The summed E-state index contributed by atoms with van der Waals surface area (Å²) >= 11 is 0. The zero-order valence-corrected chi connectivity index (χ0v) is 11.6. The van der Waals surface area contributed by atoms with Gasteiger partial charge in [-0.15, -0.1) is 0 Å². The van der Waals surface area contributed by atoms with E-state index in [-0.39, 0.29) is 0 Å². The number of hydrogen-bond donors (Lipinski definition) is 1. The molecule has 6 nitrogen and oxygen atoms in total. The van der Waals surface area contributed by atoms with E-state index in [2.05, 4.69) is 19.7 Å². The number of nitrogens with zero attached hydrogens (tertiary/aromatic N) is 5. The van der Waals surface area contributed by atoms with Crippen LogP contribution >= 0.6 is 0 Å². The Morgan fingerprint density at radius 1 is 1.25 bits per heavy atom. The summed E-state index contributed by atoms with van der Waals surface area (Å²) in [7, 11) is 1.98. The van der Waals surface area contributed by atoms with Gasteiger partial charge in [-0.1, -0.05) is 19.3 Å². The van der Waals surface area contributed by atoms with Crippen LogP contribution in [0.4, 0.5) is 0 Å². The van der Waals surface area contributed by atoms with Crippen LogP contribution in [0.25, 0.3) is 22.8 Å². The summed E-state index contributed by atoms with van der Waals surface area (Å²) in [6, 6.07) is 0.499. The van der Waals surface area contributed by atoms with Crippen LogP contribution in [0.15, 0.2) is 18.6 Å². The summed E-state index contributed by atoms with van der Waals surface area (Å²) < 4.78 is 4.06. The number of fused-ring (bicyclic) bond motifs is 1. The monoisotopic (exact) mass is 270 g/mol. The van der Waals surface area contributed by atoms with Crippen LogP contribution in [0.1, 0.15) is 38.1 Å². The molecule has 0 aromatic carbocycles. The quantitative estimate of drug-likeness (QED) is 0.778. The van der Waals surface area contributed by atoms with Crippen LogP contribution in [0.3, 0.4) is 0 Å². The van der Waals surface area contributed by atoms with Crippen molar-refractivity contribution in [1.29, 1.82) is 0 Å². The molecule has 6 heteroatoms. The SMILES string of the molecule is Cn1ccnc1-c1nc2c(cnn2C2CCCCC2)[nH]1. The predicted octanol–water partition coefficient (Wildman–Crippen LogP) is 2.67. The highest BCUT2D eigenvalue weighted by Gasteiger charge is 2.20. The fraction of sp³-hybridized carbons (Fsp3) is 0.500. The first-order valence-corrected chi connectivity index (χ1v) is 7.24. The molecule has 1 saturated carbocycles. The predicted molar refractivity (Wildman–Crippen MR) is 76.2 cm³/mol. The molecule has 0 unspecified atom stereocenters. The number of imidazole rings is 2. The fourth-order valence-electron chi connectivity index (χ4n) is 3.11. The van der Waals surface area contributed by atoms with Gasteiger partial charge >= 0.3 is 0 Å². The van der Waals surface area contributed by atoms with Gasteiger partial charge in [-0.3, -0.25) is 0 Å². The summed E-state index contributed by atoms with van der Waals surface area (Å²) in [6.07, 6.45) is 11.9. The van der Waals surface area contributed by atoms with Gasteiger partial charge in [0.15, 0.2) is 17.3 Å². The van der Waals surface area contributed by atoms with Crippen molar-refractivity contribution in [3.63, 3.8) is 0 Å². The minimum Gasteiger partial charge on any atom is -0.333 e. The van der Waals surface area contributed by atoms with Crippen LogP contribution in [0.5, 0.6) is 0 Å². The number of aromatic nitrogens is 6. The molecule has 20 heavy (non-hydrogen) atoms. The van der Waals surface area contributed by atoms with Crippen LogP contribution in [-0.2, 0) is 7.05 Å². The lowest BCUT2D eigenvalue weighted by Crippen LogP contribution is -2.14. The molecular weight excluding hydrogens is 252 g/mol. The van der Waals surface area contributed by atoms with Gasteiger partial charge < -0.3 is 9.55 Å². The van der Waals surface area contributed by atoms with E-state index in [0.717, 1.165) is 22.8 Å². The highest BCUT2D eigenvalue weighted by Crippen LogP contribution is 2.30. The molecular formula is C14H18N6. The van der Waals surface area contributed by atoms with Crippen molar-refractivity contribution >= 4 is 11.2 Å². The number of nitrogens with one attached hydrogen (secondary N) is 1. The lowest BCUT2D eigenvalue weighted by atomic mass is 9.96. The molecule has 3 heterocycles. The number of aryl methyl sites for hydroxylation is 1. The Kier molecular flexibility index (Phi) is 2.61. The van der Waals surface area contributed by atoms with E-state index >= 15 is 0 Å². The largest absolute Gasteiger partial charge is 0.333 e. The minimum absolute atomic E-state index is 0.499. The number of rotatable bonds is 2. The lowest BCUT2D eigenvalue weighted by Gasteiger charge is -2.21. The van der Waals surface area contributed by atoms with Gasteiger partial charge in [-0.25, -0.2) is 14.6 Å². The zero-order valence-electron chi connectivity index (χ0n) is 11.6. The molecule has 1 N–H and O–H groups in total. The van der Waals surface area contributed by atoms with E-state index in [1.807, 2.05) is 24.0 Å². The van der Waals surface area contributed by atoms with Crippen molar-refractivity contribution in [1.82, 2.24) is 29.3 Å². The molecule has 1 aliphatic carbocycles. The molecule has 4 rings (SSSR count). The third-order valence-corrected chi connectivity index (χ3v) is 4.19. The maximum atomic E-state index is 4.71. The Bertz CT molecular complexity index is 728. The first kappa shape index (κ1) is 11.7. The molecule has 0 spiro atoms. The molecule has 0 radical (unpaired) electrons. The summed E-state index contributed by atoms with van der Waals surface area (Å²) in [5, 5.41) is 4.52. The normalized spacial score (nSPS) is 17.1. The molecule has 0 bridgehead atoms. The molecule has 0 aliphatic heterocycles. The van der Waals surface area contributed by atoms with Gasteiger partial charge in [0.05, 0.1) is 12.2 Å². The van der Waals surface area contributed by atoms with Crippen LogP contribution in [-0.4, -0.2) is 29.3 Å². The van der Waals surface area contributed by atoms with Crippen molar-refractivity contribution in [3.05, 3.63) is 18.6 Å². The number of H-pyrrole nitrogens is 1. The van der Waals surface area contributed by atoms with Gasteiger partial charge in [0.2, 0.25) is 0 Å². The van der Waals surface area contributed by atoms with E-state index in [4.69, 9.17) is 4.98 Å². The Balaban J connectivity index is 1.77. The van der Waals surface area contributed by atoms with Crippen molar-refractivity contribution in [2.24, 2.45) is 7.05 Å². The van der Waals surface area contributed by atoms with Gasteiger partial charge in [0.25, 0.3) is 0 Å². The molecule has 3 aromatic rings. The molecule has 104 valence electrons. The average Bonchev–Trinajstić information content (AvgIpc) is 3.13. The Labute approximate surface area is 116 Å². The standard InChI is InChI=1S/C14H18N6/c1-19-8-7-15-14(19)12-17-11-9-16-20(13(11)18-12)10-5-3-2-4-6-10/h7-10H,2-6H2,1H3,(H,17,18). The molecule has 0 atom stereocenters. The molecule has 1 fully saturated rings. The minimum atomic E-state index is 0.499. The second-order valence-electron chi connectivity index (χ2n) is 5.57. The van der Waals surface area contributed by atoms with Gasteiger partial charge in [0, 0.05) is 19.4 Å². The zero-order chi connectivity index (χ0) is 13.5. The van der Waals surface area contributed by atoms with E-state index in [9.17, 15) is 0 Å². The topological polar surface area (TPSA) is 64.3 Å². The average molecular weight is 270 g/mol. The second kappa shape index (κ2) is 4.47. The molecule has 3 aromatic heterocycles. The van der Waals surface area contributed by atoms with Crippen LogP contribution < -0.4 is 0 Å². The summed E-state index contributed by atoms with van der Waals surface area (Å²) in [4.78, 5) is 12.4. The van der Waals surface area contributed by atoms with Gasteiger partial charge in [0.1, 0.15) is 5.52 Å². The number of aromatic amines is 1. The van der Waals surface area contributed by atoms with E-state index in [1.54, 1.807) is 6.20 Å². The second-order valence-corrected chi connectivity index (χ2v) is 5.57. The van der Waals surface area contributed by atoms with Crippen molar-refractivity contribution in [2.45, 2.75) is 38.1 Å². The number of hydrogen-bond acceptors (Lipinski definition) is 3. The highest BCUT2D eigenvalue weighted by atomic mass is 15.3. The lowest BCUT2D eigenvalue weighted by molar-refractivity contribution is 0.336. The molecule has 1 aliphatic rings. The van der Waals surface area contributed by atoms with Gasteiger partial charge in [-0.05, 0) is 12.8 Å². The van der Waals surface area contributed by atoms with E-state index in [1.165, 1.54) is 32.1 Å². The smallest absolute Gasteiger partial charge is 0.177 e. The third kappa shape index (κ3) is 1.75. The van der Waals surface area contributed by atoms with Crippen LogP contribution in [0, 0.1) is 0 Å². The Morgan fingerprint density at radius 3 is 2.85 bits per heavy atom. The van der Waals surface area contributed by atoms with Crippen molar-refractivity contribution in [3.8, 4) is 11.6 Å². The molecule has 0 saturated heterocycles. The van der Waals surface area contributed by atoms with E-state index < -0.39 is 0 Å². The summed E-state index contributed by atoms with van der Waals surface area (Å²) in [5.41, 5.74) is 1.95. The van der Waals surface area contributed by atoms with Crippen molar-refractivity contribution < 1.29 is 0 Å². The maximum Gasteiger partial charge on any atom is 0.177 e. The van der Waals surface area contributed by atoms with E-state index in [0.29, 0.717) is 6.04 Å². The highest BCUT2D eigenvalue weighted by molar-refractivity contribution is 5.74. The first-order chi connectivity index (χ1) is 9.83. The third-order valence-electron chi connectivity index (χ3n) is 4.19. The Hall–Kier alpha value is -2.11. The Morgan fingerprint density at radius 2 is 2.10 bits per heavy atom. The van der Waals surface area contributed by atoms with Crippen LogP contribution in [0.2, 0.25) is 0 Å². The fourth-order valence-corrected chi connectivity index (χ4v) is 3.11. The summed E-state index contributed by atoms with van der Waals surface area (Å²) in [5.74, 6) is 1.67. The maximum absolute atomic E-state index is 4.71. The molecule has 0 amide bonds.